The minimum absolute atomic E-state index is 0.235. The summed E-state index contributed by atoms with van der Waals surface area (Å²) >= 11 is 0. The summed E-state index contributed by atoms with van der Waals surface area (Å²) in [4.78, 5) is 38.2. The number of benzene rings is 1. The number of anilines is 1. The van der Waals surface area contributed by atoms with Crippen molar-refractivity contribution in [3.8, 4) is 0 Å². The summed E-state index contributed by atoms with van der Waals surface area (Å²) in [7, 11) is 2.97. The van der Waals surface area contributed by atoms with Crippen molar-refractivity contribution < 1.29 is 14.3 Å². The van der Waals surface area contributed by atoms with Crippen LogP contribution in [0.3, 0.4) is 0 Å². The van der Waals surface area contributed by atoms with Gasteiger partial charge in [0.1, 0.15) is 0 Å². The van der Waals surface area contributed by atoms with Crippen LogP contribution in [0.5, 0.6) is 0 Å². The average molecular weight is 326 g/mol. The van der Waals surface area contributed by atoms with E-state index in [0.717, 1.165) is 12.0 Å². The summed E-state index contributed by atoms with van der Waals surface area (Å²) in [6.07, 6.45) is 3.03. The van der Waals surface area contributed by atoms with Crippen molar-refractivity contribution in [2.75, 3.05) is 18.6 Å². The molecule has 0 N–H and O–H groups in total. The highest BCUT2D eigenvalue weighted by atomic mass is 16.5. The van der Waals surface area contributed by atoms with Gasteiger partial charge >= 0.3 is 5.97 Å². The van der Waals surface area contributed by atoms with Crippen LogP contribution in [0, 0.1) is 0 Å². The predicted octanol–water partition coefficient (Wildman–Crippen LogP) is 1.76. The standard InChI is InChI=1S/C18H18N2O4/c1-19-10-8-12(11-16(19)21)17(22)20-9-4-6-13-14(18(23)24-2)5-3-7-15(13)20/h3,5,7-8,10-11H,4,6,9H2,1-2H3. The maximum atomic E-state index is 12.8. The first kappa shape index (κ1) is 16.0. The zero-order valence-corrected chi connectivity index (χ0v) is 13.6. The maximum absolute atomic E-state index is 12.8. The number of aryl methyl sites for hydroxylation is 1. The lowest BCUT2D eigenvalue weighted by molar-refractivity contribution is 0.0599. The van der Waals surface area contributed by atoms with E-state index in [-0.39, 0.29) is 11.5 Å². The second-order valence-electron chi connectivity index (χ2n) is 5.72. The Kier molecular flexibility index (Phi) is 4.20. The topological polar surface area (TPSA) is 68.6 Å². The van der Waals surface area contributed by atoms with Crippen molar-refractivity contribution in [1.29, 1.82) is 0 Å². The SMILES string of the molecule is COC(=O)c1cccc2c1CCCN2C(=O)c1ccn(C)c(=O)c1. The van der Waals surface area contributed by atoms with Crippen LogP contribution < -0.4 is 10.5 Å². The second-order valence-corrected chi connectivity index (χ2v) is 5.72. The third-order valence-corrected chi connectivity index (χ3v) is 4.25. The minimum atomic E-state index is -0.408. The number of carbonyl (C=O) groups excluding carboxylic acids is 2. The van der Waals surface area contributed by atoms with Gasteiger partial charge < -0.3 is 14.2 Å². The Hall–Kier alpha value is -2.89. The molecule has 2 heterocycles. The third-order valence-electron chi connectivity index (χ3n) is 4.25. The molecular formula is C18H18N2O4. The van der Waals surface area contributed by atoms with Gasteiger partial charge in [-0.3, -0.25) is 9.59 Å². The lowest BCUT2D eigenvalue weighted by Gasteiger charge is -2.30. The Morgan fingerprint density at radius 2 is 2.00 bits per heavy atom. The van der Waals surface area contributed by atoms with Crippen LogP contribution >= 0.6 is 0 Å². The molecule has 0 saturated heterocycles. The first-order valence-electron chi connectivity index (χ1n) is 7.71. The molecule has 1 aliphatic heterocycles. The Bertz CT molecular complexity index is 870. The number of fused-ring (bicyclic) bond motifs is 1. The molecule has 6 nitrogen and oxygen atoms in total. The van der Waals surface area contributed by atoms with E-state index in [9.17, 15) is 14.4 Å². The number of hydrogen-bond donors (Lipinski definition) is 0. The summed E-state index contributed by atoms with van der Waals surface area (Å²) in [6, 6.07) is 8.22. The summed E-state index contributed by atoms with van der Waals surface area (Å²) in [5.41, 5.74) is 2.11. The average Bonchev–Trinajstić information content (AvgIpc) is 2.61. The Labute approximate surface area is 139 Å². The molecule has 0 atom stereocenters. The van der Waals surface area contributed by atoms with E-state index in [1.165, 1.54) is 17.7 Å². The number of aromatic nitrogens is 1. The highest BCUT2D eigenvalue weighted by Gasteiger charge is 2.27. The van der Waals surface area contributed by atoms with Crippen LogP contribution in [0.2, 0.25) is 0 Å². The number of ether oxygens (including phenoxy) is 1. The predicted molar refractivity (Wildman–Crippen MR) is 89.5 cm³/mol. The van der Waals surface area contributed by atoms with Gasteiger partial charge in [0.15, 0.2) is 0 Å². The zero-order valence-electron chi connectivity index (χ0n) is 13.6. The summed E-state index contributed by atoms with van der Waals surface area (Å²) < 4.78 is 6.24. The molecule has 2 aromatic rings. The van der Waals surface area contributed by atoms with Gasteiger partial charge in [0.25, 0.3) is 11.5 Å². The molecule has 24 heavy (non-hydrogen) atoms. The summed E-state index contributed by atoms with van der Waals surface area (Å²) in [5.74, 6) is -0.648. The maximum Gasteiger partial charge on any atom is 0.338 e. The number of rotatable bonds is 2. The van der Waals surface area contributed by atoms with E-state index >= 15 is 0 Å². The van der Waals surface area contributed by atoms with Crippen molar-refractivity contribution in [1.82, 2.24) is 4.57 Å². The molecule has 1 aromatic carbocycles. The van der Waals surface area contributed by atoms with Crippen LogP contribution in [-0.4, -0.2) is 30.1 Å². The van der Waals surface area contributed by atoms with E-state index in [1.807, 2.05) is 6.07 Å². The quantitative estimate of drug-likeness (QED) is 0.789. The highest BCUT2D eigenvalue weighted by molar-refractivity contribution is 6.07. The summed E-state index contributed by atoms with van der Waals surface area (Å²) in [5, 5.41) is 0. The molecule has 1 amide bonds. The van der Waals surface area contributed by atoms with Gasteiger partial charge in [-0.05, 0) is 36.6 Å². The number of nitrogens with zero attached hydrogens (tertiary/aromatic N) is 2. The van der Waals surface area contributed by atoms with Gasteiger partial charge in [-0.2, -0.15) is 0 Å². The monoisotopic (exact) mass is 326 g/mol. The van der Waals surface area contributed by atoms with E-state index in [2.05, 4.69) is 0 Å². The van der Waals surface area contributed by atoms with Crippen molar-refractivity contribution in [3.63, 3.8) is 0 Å². The fourth-order valence-corrected chi connectivity index (χ4v) is 2.97. The molecule has 1 aliphatic rings. The first-order chi connectivity index (χ1) is 11.5. The zero-order chi connectivity index (χ0) is 17.3. The normalized spacial score (nSPS) is 13.3. The molecule has 0 saturated carbocycles. The van der Waals surface area contributed by atoms with E-state index in [1.54, 1.807) is 36.3 Å². The second kappa shape index (κ2) is 6.31. The number of esters is 1. The van der Waals surface area contributed by atoms with Gasteiger partial charge in [-0.15, -0.1) is 0 Å². The molecule has 3 rings (SSSR count). The minimum Gasteiger partial charge on any atom is -0.465 e. The molecule has 124 valence electrons. The van der Waals surface area contributed by atoms with Crippen LogP contribution in [0.4, 0.5) is 5.69 Å². The van der Waals surface area contributed by atoms with Crippen LogP contribution in [-0.2, 0) is 18.2 Å². The van der Waals surface area contributed by atoms with E-state index < -0.39 is 5.97 Å². The third kappa shape index (κ3) is 2.71. The fourth-order valence-electron chi connectivity index (χ4n) is 2.97. The van der Waals surface area contributed by atoms with Gasteiger partial charge in [-0.25, -0.2) is 4.79 Å². The van der Waals surface area contributed by atoms with E-state index in [4.69, 9.17) is 4.74 Å². The number of amides is 1. The number of carbonyl (C=O) groups is 2. The largest absolute Gasteiger partial charge is 0.465 e. The smallest absolute Gasteiger partial charge is 0.338 e. The molecular weight excluding hydrogens is 308 g/mol. The van der Waals surface area contributed by atoms with Gasteiger partial charge in [-0.1, -0.05) is 6.07 Å². The van der Waals surface area contributed by atoms with Crippen LogP contribution in [0.15, 0.2) is 41.3 Å². The lowest BCUT2D eigenvalue weighted by atomic mass is 9.95. The molecule has 6 heteroatoms. The van der Waals surface area contributed by atoms with Crippen molar-refractivity contribution in [3.05, 3.63) is 63.6 Å². The Morgan fingerprint density at radius 1 is 1.21 bits per heavy atom. The van der Waals surface area contributed by atoms with Gasteiger partial charge in [0.05, 0.1) is 12.7 Å². The Balaban J connectivity index is 2.03. The first-order valence-corrected chi connectivity index (χ1v) is 7.71. The molecule has 0 radical (unpaired) electrons. The molecule has 0 bridgehead atoms. The lowest BCUT2D eigenvalue weighted by Crippen LogP contribution is -2.36. The fraction of sp³-hybridized carbons (Fsp3) is 0.278. The van der Waals surface area contributed by atoms with Crippen LogP contribution in [0.25, 0.3) is 0 Å². The highest BCUT2D eigenvalue weighted by Crippen LogP contribution is 2.31. The van der Waals surface area contributed by atoms with Crippen LogP contribution in [0.1, 0.15) is 32.7 Å². The molecule has 0 unspecified atom stereocenters. The van der Waals surface area contributed by atoms with Gasteiger partial charge in [0, 0.05) is 37.1 Å². The van der Waals surface area contributed by atoms with Gasteiger partial charge in [0.2, 0.25) is 0 Å². The number of hydrogen-bond acceptors (Lipinski definition) is 4. The van der Waals surface area contributed by atoms with Crippen molar-refractivity contribution >= 4 is 17.6 Å². The molecule has 0 fully saturated rings. The summed E-state index contributed by atoms with van der Waals surface area (Å²) in [6.45, 7) is 0.547. The number of pyridine rings is 1. The van der Waals surface area contributed by atoms with E-state index in [0.29, 0.717) is 29.8 Å². The van der Waals surface area contributed by atoms with Crippen molar-refractivity contribution in [2.24, 2.45) is 7.05 Å². The molecule has 0 aliphatic carbocycles. The van der Waals surface area contributed by atoms with Crippen molar-refractivity contribution in [2.45, 2.75) is 12.8 Å². The Morgan fingerprint density at radius 3 is 2.71 bits per heavy atom. The number of methoxy groups -OCH3 is 1. The molecule has 0 spiro atoms. The molecule has 1 aromatic heterocycles.